The minimum atomic E-state index is -0.520. The minimum Gasteiger partial charge on any atom is -0.346 e. The zero-order valence-corrected chi connectivity index (χ0v) is 14.3. The molecule has 0 saturated heterocycles. The predicted octanol–water partition coefficient (Wildman–Crippen LogP) is 2.28. The van der Waals surface area contributed by atoms with E-state index in [0.717, 1.165) is 29.5 Å². The highest BCUT2D eigenvalue weighted by molar-refractivity contribution is 5.91. The first kappa shape index (κ1) is 16.8. The van der Waals surface area contributed by atoms with Gasteiger partial charge in [0.15, 0.2) is 5.65 Å². The SMILES string of the molecule is CCCc1ccc2nnc(C(=O)NCc3ccc(C)cc3)c(=O)n2c1. The second-order valence-corrected chi connectivity index (χ2v) is 6.04. The van der Waals surface area contributed by atoms with Crippen LogP contribution in [0.3, 0.4) is 0 Å². The first-order valence-corrected chi connectivity index (χ1v) is 8.30. The fraction of sp³-hybridized carbons (Fsp3) is 0.263. The fourth-order valence-corrected chi connectivity index (χ4v) is 2.59. The van der Waals surface area contributed by atoms with Crippen LogP contribution in [0.1, 0.15) is 40.5 Å². The Hall–Kier alpha value is -3.02. The van der Waals surface area contributed by atoms with E-state index in [-0.39, 0.29) is 5.69 Å². The number of rotatable bonds is 5. The third-order valence-electron chi connectivity index (χ3n) is 3.99. The molecule has 1 aromatic carbocycles. The van der Waals surface area contributed by atoms with Crippen molar-refractivity contribution in [1.29, 1.82) is 0 Å². The highest BCUT2D eigenvalue weighted by Crippen LogP contribution is 2.05. The molecule has 0 atom stereocenters. The van der Waals surface area contributed by atoms with Gasteiger partial charge in [0.25, 0.3) is 11.5 Å². The van der Waals surface area contributed by atoms with E-state index in [4.69, 9.17) is 0 Å². The molecule has 2 aromatic heterocycles. The van der Waals surface area contributed by atoms with Gasteiger partial charge < -0.3 is 5.32 Å². The van der Waals surface area contributed by atoms with Crippen LogP contribution in [0.25, 0.3) is 5.65 Å². The van der Waals surface area contributed by atoms with Gasteiger partial charge in [0.05, 0.1) is 0 Å². The Morgan fingerprint density at radius 1 is 1.08 bits per heavy atom. The lowest BCUT2D eigenvalue weighted by atomic mass is 10.1. The van der Waals surface area contributed by atoms with Crippen LogP contribution in [0, 0.1) is 6.92 Å². The van der Waals surface area contributed by atoms with Gasteiger partial charge in [0.1, 0.15) is 0 Å². The van der Waals surface area contributed by atoms with Crippen LogP contribution < -0.4 is 10.9 Å². The molecular weight excluding hydrogens is 316 g/mol. The van der Waals surface area contributed by atoms with Gasteiger partial charge in [-0.2, -0.15) is 0 Å². The molecule has 0 spiro atoms. The number of nitrogens with one attached hydrogen (secondary N) is 1. The Morgan fingerprint density at radius 2 is 1.80 bits per heavy atom. The Balaban J connectivity index is 1.84. The number of hydrogen-bond acceptors (Lipinski definition) is 4. The summed E-state index contributed by atoms with van der Waals surface area (Å²) >= 11 is 0. The number of fused-ring (bicyclic) bond motifs is 1. The lowest BCUT2D eigenvalue weighted by molar-refractivity contribution is 0.0943. The number of nitrogens with zero attached hydrogens (tertiary/aromatic N) is 3. The molecule has 6 heteroatoms. The van der Waals surface area contributed by atoms with E-state index < -0.39 is 11.5 Å². The molecular formula is C19H20N4O2. The summed E-state index contributed by atoms with van der Waals surface area (Å²) in [6.45, 7) is 4.40. The Kier molecular flexibility index (Phi) is 4.88. The van der Waals surface area contributed by atoms with Crippen LogP contribution >= 0.6 is 0 Å². The third kappa shape index (κ3) is 3.74. The van der Waals surface area contributed by atoms with Crippen LogP contribution in [0.5, 0.6) is 0 Å². The van der Waals surface area contributed by atoms with Crippen molar-refractivity contribution < 1.29 is 4.79 Å². The summed E-state index contributed by atoms with van der Waals surface area (Å²) in [4.78, 5) is 24.9. The van der Waals surface area contributed by atoms with E-state index >= 15 is 0 Å². The molecule has 2 heterocycles. The van der Waals surface area contributed by atoms with Crippen molar-refractivity contribution in [3.63, 3.8) is 0 Å². The van der Waals surface area contributed by atoms with Crippen molar-refractivity contribution in [3.05, 3.63) is 75.3 Å². The molecule has 3 rings (SSSR count). The number of aromatic nitrogens is 3. The van der Waals surface area contributed by atoms with Crippen molar-refractivity contribution in [2.24, 2.45) is 0 Å². The maximum absolute atomic E-state index is 12.6. The molecule has 6 nitrogen and oxygen atoms in total. The van der Waals surface area contributed by atoms with E-state index in [1.807, 2.05) is 37.3 Å². The molecule has 0 aliphatic rings. The first-order valence-electron chi connectivity index (χ1n) is 8.30. The van der Waals surface area contributed by atoms with Crippen molar-refractivity contribution >= 4 is 11.6 Å². The lowest BCUT2D eigenvalue weighted by Crippen LogP contribution is -2.33. The molecule has 1 amide bonds. The zero-order valence-electron chi connectivity index (χ0n) is 14.3. The molecule has 0 aliphatic carbocycles. The molecule has 0 radical (unpaired) electrons. The van der Waals surface area contributed by atoms with Crippen molar-refractivity contribution in [3.8, 4) is 0 Å². The van der Waals surface area contributed by atoms with Crippen LogP contribution in [-0.4, -0.2) is 20.5 Å². The second kappa shape index (κ2) is 7.25. The summed E-state index contributed by atoms with van der Waals surface area (Å²) in [6.07, 6.45) is 3.56. The Morgan fingerprint density at radius 3 is 2.52 bits per heavy atom. The third-order valence-corrected chi connectivity index (χ3v) is 3.99. The standard InChI is InChI=1S/C19H20N4O2/c1-3-4-15-9-10-16-21-22-17(19(25)23(16)12-15)18(24)20-11-14-7-5-13(2)6-8-14/h5-10,12H,3-4,11H2,1-2H3,(H,20,24). The van der Waals surface area contributed by atoms with Crippen LogP contribution in [0.4, 0.5) is 0 Å². The topological polar surface area (TPSA) is 76.4 Å². The molecule has 1 N–H and O–H groups in total. The van der Waals surface area contributed by atoms with E-state index in [9.17, 15) is 9.59 Å². The molecule has 0 aliphatic heterocycles. The summed E-state index contributed by atoms with van der Waals surface area (Å²) in [5.74, 6) is -0.520. The molecule has 0 bridgehead atoms. The largest absolute Gasteiger partial charge is 0.346 e. The number of carbonyl (C=O) groups excluding carboxylic acids is 1. The van der Waals surface area contributed by atoms with Gasteiger partial charge in [-0.15, -0.1) is 10.2 Å². The quantitative estimate of drug-likeness (QED) is 0.775. The first-order chi connectivity index (χ1) is 12.1. The minimum absolute atomic E-state index is 0.196. The number of benzene rings is 1. The Bertz CT molecular complexity index is 961. The highest BCUT2D eigenvalue weighted by Gasteiger charge is 2.15. The molecule has 25 heavy (non-hydrogen) atoms. The zero-order chi connectivity index (χ0) is 17.8. The van der Waals surface area contributed by atoms with Crippen molar-refractivity contribution in [2.75, 3.05) is 0 Å². The number of amides is 1. The van der Waals surface area contributed by atoms with Gasteiger partial charge in [-0.1, -0.05) is 49.2 Å². The van der Waals surface area contributed by atoms with Crippen LogP contribution in [0.2, 0.25) is 0 Å². The van der Waals surface area contributed by atoms with E-state index in [2.05, 4.69) is 22.4 Å². The Labute approximate surface area is 145 Å². The average Bonchev–Trinajstić information content (AvgIpc) is 2.62. The second-order valence-electron chi connectivity index (χ2n) is 6.04. The summed E-state index contributed by atoms with van der Waals surface area (Å²) in [7, 11) is 0. The van der Waals surface area contributed by atoms with Crippen molar-refractivity contribution in [1.82, 2.24) is 19.9 Å². The predicted molar refractivity (Wildman–Crippen MR) is 95.6 cm³/mol. The summed E-state index contributed by atoms with van der Waals surface area (Å²) in [5.41, 5.74) is 2.91. The summed E-state index contributed by atoms with van der Waals surface area (Å²) in [6, 6.07) is 11.5. The number of hydrogen-bond donors (Lipinski definition) is 1. The molecule has 0 unspecified atom stereocenters. The molecule has 0 saturated carbocycles. The number of aryl methyl sites for hydroxylation is 2. The summed E-state index contributed by atoms with van der Waals surface area (Å²) < 4.78 is 1.39. The monoisotopic (exact) mass is 336 g/mol. The maximum Gasteiger partial charge on any atom is 0.289 e. The maximum atomic E-state index is 12.6. The van der Waals surface area contributed by atoms with Gasteiger partial charge >= 0.3 is 0 Å². The van der Waals surface area contributed by atoms with Crippen LogP contribution in [0.15, 0.2) is 47.4 Å². The van der Waals surface area contributed by atoms with Crippen molar-refractivity contribution in [2.45, 2.75) is 33.2 Å². The molecule has 128 valence electrons. The number of carbonyl (C=O) groups is 1. The van der Waals surface area contributed by atoms with Gasteiger partial charge in [-0.05, 0) is 30.5 Å². The molecule has 0 fully saturated rings. The normalized spacial score (nSPS) is 10.8. The van der Waals surface area contributed by atoms with E-state index in [0.29, 0.717) is 12.2 Å². The van der Waals surface area contributed by atoms with E-state index in [1.165, 1.54) is 4.40 Å². The molecule has 3 aromatic rings. The average molecular weight is 336 g/mol. The van der Waals surface area contributed by atoms with Gasteiger partial charge in [0, 0.05) is 12.7 Å². The van der Waals surface area contributed by atoms with Gasteiger partial charge in [0.2, 0.25) is 5.69 Å². The van der Waals surface area contributed by atoms with Gasteiger partial charge in [-0.25, -0.2) is 0 Å². The lowest BCUT2D eigenvalue weighted by Gasteiger charge is -2.07. The highest BCUT2D eigenvalue weighted by atomic mass is 16.2. The van der Waals surface area contributed by atoms with Crippen LogP contribution in [-0.2, 0) is 13.0 Å². The smallest absolute Gasteiger partial charge is 0.289 e. The number of pyridine rings is 1. The fourth-order valence-electron chi connectivity index (χ4n) is 2.59. The van der Waals surface area contributed by atoms with E-state index in [1.54, 1.807) is 12.3 Å². The summed E-state index contributed by atoms with van der Waals surface area (Å²) in [5, 5.41) is 10.5. The van der Waals surface area contributed by atoms with Gasteiger partial charge in [-0.3, -0.25) is 14.0 Å².